The average Bonchev–Trinajstić information content (AvgIpc) is 3.25. The SMILES string of the molecule is CCCNC(CN(CC)c1ccccc1F)C1CC1. The third kappa shape index (κ3) is 3.93. The van der Waals surface area contributed by atoms with Crippen LogP contribution >= 0.6 is 0 Å². The molecule has 0 heterocycles. The van der Waals surface area contributed by atoms with Gasteiger partial charge in [0.05, 0.1) is 5.69 Å². The van der Waals surface area contributed by atoms with Crippen LogP contribution in [0.25, 0.3) is 0 Å². The third-order valence-corrected chi connectivity index (χ3v) is 3.84. The van der Waals surface area contributed by atoms with Crippen molar-refractivity contribution in [3.8, 4) is 0 Å². The van der Waals surface area contributed by atoms with E-state index < -0.39 is 0 Å². The third-order valence-electron chi connectivity index (χ3n) is 3.84. The summed E-state index contributed by atoms with van der Waals surface area (Å²) in [7, 11) is 0. The van der Waals surface area contributed by atoms with Crippen LogP contribution in [0, 0.1) is 11.7 Å². The highest BCUT2D eigenvalue weighted by molar-refractivity contribution is 5.47. The van der Waals surface area contributed by atoms with Gasteiger partial charge in [0.1, 0.15) is 5.82 Å². The summed E-state index contributed by atoms with van der Waals surface area (Å²) in [6.45, 7) is 7.08. The first kappa shape index (κ1) is 14.3. The quantitative estimate of drug-likeness (QED) is 0.774. The van der Waals surface area contributed by atoms with E-state index in [1.54, 1.807) is 12.1 Å². The molecule has 1 saturated carbocycles. The van der Waals surface area contributed by atoms with Gasteiger partial charge >= 0.3 is 0 Å². The summed E-state index contributed by atoms with van der Waals surface area (Å²) < 4.78 is 13.9. The van der Waals surface area contributed by atoms with Crippen LogP contribution in [0.5, 0.6) is 0 Å². The summed E-state index contributed by atoms with van der Waals surface area (Å²) in [5.41, 5.74) is 0.731. The van der Waals surface area contributed by atoms with Gasteiger partial charge < -0.3 is 10.2 Å². The van der Waals surface area contributed by atoms with Crippen LogP contribution in [-0.4, -0.2) is 25.7 Å². The first-order valence-corrected chi connectivity index (χ1v) is 7.49. The smallest absolute Gasteiger partial charge is 0.146 e. The molecule has 1 N–H and O–H groups in total. The van der Waals surface area contributed by atoms with Gasteiger partial charge in [-0.25, -0.2) is 4.39 Å². The molecule has 0 bridgehead atoms. The lowest BCUT2D eigenvalue weighted by Crippen LogP contribution is -2.43. The monoisotopic (exact) mass is 264 g/mol. The van der Waals surface area contributed by atoms with Gasteiger partial charge in [-0.15, -0.1) is 0 Å². The van der Waals surface area contributed by atoms with E-state index in [4.69, 9.17) is 0 Å². The summed E-state index contributed by atoms with van der Waals surface area (Å²) in [4.78, 5) is 2.15. The van der Waals surface area contributed by atoms with Gasteiger partial charge in [-0.05, 0) is 50.8 Å². The Kier molecular flexibility index (Phi) is 5.20. The second-order valence-corrected chi connectivity index (χ2v) is 5.39. The zero-order chi connectivity index (χ0) is 13.7. The number of halogens is 1. The Morgan fingerprint density at radius 3 is 2.63 bits per heavy atom. The van der Waals surface area contributed by atoms with E-state index in [-0.39, 0.29) is 5.82 Å². The molecular weight excluding hydrogens is 239 g/mol. The Labute approximate surface area is 116 Å². The van der Waals surface area contributed by atoms with E-state index in [1.165, 1.54) is 12.8 Å². The fourth-order valence-electron chi connectivity index (χ4n) is 2.55. The number of nitrogens with zero attached hydrogens (tertiary/aromatic N) is 1. The Morgan fingerprint density at radius 2 is 2.05 bits per heavy atom. The van der Waals surface area contributed by atoms with Gasteiger partial charge in [0.15, 0.2) is 0 Å². The maximum atomic E-state index is 13.9. The molecule has 1 aliphatic rings. The first-order chi connectivity index (χ1) is 9.26. The van der Waals surface area contributed by atoms with Crippen LogP contribution in [0.3, 0.4) is 0 Å². The van der Waals surface area contributed by atoms with Crippen LogP contribution in [0.4, 0.5) is 10.1 Å². The molecule has 2 rings (SSSR count). The standard InChI is InChI=1S/C16H25FN2/c1-3-11-18-15(13-9-10-13)12-19(4-2)16-8-6-5-7-14(16)17/h5-8,13,15,18H,3-4,9-12H2,1-2H3. The number of rotatable bonds is 8. The summed E-state index contributed by atoms with van der Waals surface area (Å²) in [5, 5.41) is 3.62. The van der Waals surface area contributed by atoms with Crippen LogP contribution in [0.1, 0.15) is 33.1 Å². The molecule has 1 unspecified atom stereocenters. The highest BCUT2D eigenvalue weighted by atomic mass is 19.1. The molecule has 0 aliphatic heterocycles. The molecule has 0 aromatic heterocycles. The highest BCUT2D eigenvalue weighted by Gasteiger charge is 2.32. The Bertz CT molecular complexity index is 390. The fourth-order valence-corrected chi connectivity index (χ4v) is 2.55. The van der Waals surface area contributed by atoms with Gasteiger partial charge in [-0.3, -0.25) is 0 Å². The van der Waals surface area contributed by atoms with Gasteiger partial charge in [0, 0.05) is 19.1 Å². The summed E-state index contributed by atoms with van der Waals surface area (Å²) in [5.74, 6) is 0.668. The molecule has 106 valence electrons. The lowest BCUT2D eigenvalue weighted by Gasteiger charge is -2.29. The molecule has 1 aliphatic carbocycles. The lowest BCUT2D eigenvalue weighted by molar-refractivity contribution is 0.456. The lowest BCUT2D eigenvalue weighted by atomic mass is 10.1. The van der Waals surface area contributed by atoms with Gasteiger partial charge in [-0.2, -0.15) is 0 Å². The minimum Gasteiger partial charge on any atom is -0.368 e. The largest absolute Gasteiger partial charge is 0.368 e. The van der Waals surface area contributed by atoms with Crippen LogP contribution in [-0.2, 0) is 0 Å². The van der Waals surface area contributed by atoms with Crippen LogP contribution < -0.4 is 10.2 Å². The molecule has 1 atom stereocenters. The summed E-state index contributed by atoms with van der Waals surface area (Å²) >= 11 is 0. The number of likely N-dealkylation sites (N-methyl/N-ethyl adjacent to an activating group) is 1. The normalized spacial score (nSPS) is 16.4. The predicted octanol–water partition coefficient (Wildman–Crippen LogP) is 3.43. The Morgan fingerprint density at radius 1 is 1.32 bits per heavy atom. The van der Waals surface area contributed by atoms with Gasteiger partial charge in [0.25, 0.3) is 0 Å². The first-order valence-electron chi connectivity index (χ1n) is 7.49. The van der Waals surface area contributed by atoms with E-state index in [0.717, 1.165) is 37.7 Å². The number of hydrogen-bond acceptors (Lipinski definition) is 2. The van der Waals surface area contributed by atoms with Crippen LogP contribution in [0.2, 0.25) is 0 Å². The van der Waals surface area contributed by atoms with Crippen molar-refractivity contribution in [1.82, 2.24) is 5.32 Å². The molecule has 1 aromatic rings. The number of hydrogen-bond donors (Lipinski definition) is 1. The molecule has 0 amide bonds. The molecule has 19 heavy (non-hydrogen) atoms. The van der Waals surface area contributed by atoms with Crippen molar-refractivity contribution in [2.75, 3.05) is 24.5 Å². The van der Waals surface area contributed by atoms with Gasteiger partial charge in [-0.1, -0.05) is 19.1 Å². The maximum Gasteiger partial charge on any atom is 0.146 e. The van der Waals surface area contributed by atoms with E-state index in [0.29, 0.717) is 6.04 Å². The Hall–Kier alpha value is -1.09. The average molecular weight is 264 g/mol. The molecule has 3 heteroatoms. The molecule has 0 radical (unpaired) electrons. The van der Waals surface area contributed by atoms with Crippen molar-refractivity contribution in [1.29, 1.82) is 0 Å². The van der Waals surface area contributed by atoms with E-state index >= 15 is 0 Å². The minimum atomic E-state index is -0.116. The number of para-hydroxylation sites is 1. The maximum absolute atomic E-state index is 13.9. The van der Waals surface area contributed by atoms with Crippen molar-refractivity contribution in [2.45, 2.75) is 39.2 Å². The number of benzene rings is 1. The molecule has 0 spiro atoms. The second kappa shape index (κ2) is 6.90. The fraction of sp³-hybridized carbons (Fsp3) is 0.625. The summed E-state index contributed by atoms with van der Waals surface area (Å²) in [6.07, 6.45) is 3.78. The minimum absolute atomic E-state index is 0.116. The van der Waals surface area contributed by atoms with E-state index in [1.807, 2.05) is 12.1 Å². The highest BCUT2D eigenvalue weighted by Crippen LogP contribution is 2.33. The van der Waals surface area contributed by atoms with Gasteiger partial charge in [0.2, 0.25) is 0 Å². The van der Waals surface area contributed by atoms with Crippen molar-refractivity contribution < 1.29 is 4.39 Å². The van der Waals surface area contributed by atoms with Crippen molar-refractivity contribution in [3.63, 3.8) is 0 Å². The molecule has 1 fully saturated rings. The zero-order valence-corrected chi connectivity index (χ0v) is 12.0. The zero-order valence-electron chi connectivity index (χ0n) is 12.0. The second-order valence-electron chi connectivity index (χ2n) is 5.39. The number of nitrogens with one attached hydrogen (secondary N) is 1. The van der Waals surface area contributed by atoms with E-state index in [9.17, 15) is 4.39 Å². The van der Waals surface area contributed by atoms with E-state index in [2.05, 4.69) is 24.1 Å². The molecular formula is C16H25FN2. The molecule has 1 aromatic carbocycles. The Balaban J connectivity index is 2.02. The van der Waals surface area contributed by atoms with Crippen molar-refractivity contribution >= 4 is 5.69 Å². The molecule has 0 saturated heterocycles. The summed E-state index contributed by atoms with van der Waals surface area (Å²) in [6, 6.07) is 7.58. The van der Waals surface area contributed by atoms with Crippen molar-refractivity contribution in [3.05, 3.63) is 30.1 Å². The predicted molar refractivity (Wildman–Crippen MR) is 79.1 cm³/mol. The molecule has 2 nitrogen and oxygen atoms in total. The van der Waals surface area contributed by atoms with Crippen LogP contribution in [0.15, 0.2) is 24.3 Å². The topological polar surface area (TPSA) is 15.3 Å². The number of anilines is 1. The van der Waals surface area contributed by atoms with Crippen molar-refractivity contribution in [2.24, 2.45) is 5.92 Å².